The smallest absolute Gasteiger partial charge is 0.307 e. The van der Waals surface area contributed by atoms with Gasteiger partial charge in [0.1, 0.15) is 6.10 Å². The first kappa shape index (κ1) is 51.2. The Bertz CT molecular complexity index is 1640. The van der Waals surface area contributed by atoms with Gasteiger partial charge < -0.3 is 4.74 Å². The van der Waals surface area contributed by atoms with E-state index in [-0.39, 0.29) is 12.1 Å². The van der Waals surface area contributed by atoms with Crippen LogP contribution in [0.4, 0.5) is 0 Å². The van der Waals surface area contributed by atoms with Crippen molar-refractivity contribution in [3.05, 3.63) is 0 Å². The third-order valence-electron chi connectivity index (χ3n) is 16.5. The van der Waals surface area contributed by atoms with Crippen LogP contribution >= 0.6 is 94.1 Å². The number of carbonyl (C=O) groups is 7. The minimum Gasteiger partial charge on any atom is -0.461 e. The molecular weight excluding hydrogens is 985 g/mol. The van der Waals surface area contributed by atoms with Crippen molar-refractivity contribution in [2.24, 2.45) is 47.3 Å². The number of esters is 1. The lowest BCUT2D eigenvalue weighted by Gasteiger charge is -2.36. The van der Waals surface area contributed by atoms with Crippen molar-refractivity contribution in [3.8, 4) is 0 Å². The van der Waals surface area contributed by atoms with E-state index < -0.39 is 0 Å². The lowest BCUT2D eigenvalue weighted by molar-refractivity contribution is -0.141. The topological polar surface area (TPSA) is 129 Å². The van der Waals surface area contributed by atoms with Gasteiger partial charge in [-0.25, -0.2) is 0 Å². The fourth-order valence-electron chi connectivity index (χ4n) is 13.4. The minimum absolute atomic E-state index is 0.00259. The Hall–Kier alpha value is 0.290. The van der Waals surface area contributed by atoms with Gasteiger partial charge in [-0.1, -0.05) is 89.8 Å². The highest BCUT2D eigenvalue weighted by Gasteiger charge is 2.55. The van der Waals surface area contributed by atoms with Gasteiger partial charge in [0.05, 0.1) is 11.7 Å². The maximum absolute atomic E-state index is 11.6. The molecule has 16 fully saturated rings. The van der Waals surface area contributed by atoms with Gasteiger partial charge in [0.15, 0.2) is 30.7 Å². The fourth-order valence-corrected chi connectivity index (χ4v) is 24.4. The zero-order valence-electron chi connectivity index (χ0n) is 38.4. The zero-order chi connectivity index (χ0) is 45.7. The first-order valence-corrected chi connectivity index (χ1v) is 33.1. The third-order valence-corrected chi connectivity index (χ3v) is 27.1. The number of ether oxygens (including phenoxy) is 1. The lowest BCUT2D eigenvalue weighted by Crippen LogP contribution is -2.29. The first-order chi connectivity index (χ1) is 32.0. The Morgan fingerprint density at radius 1 is 0.424 bits per heavy atom. The SMILES string of the molecule is O=C1CC2CCCC2S1.O=C1CC2CCCCC2S1.O=C1CC2SCCC2O1.O=C1CC2SCCC2S1.O=C1CCCCS1.O=C1SC2CC3CC(C2)CC1C3.O=C1SC2CC3CC1C2C3. The molecule has 6 saturated carbocycles. The maximum Gasteiger partial charge on any atom is 0.307 e. The Morgan fingerprint density at radius 3 is 1.70 bits per heavy atom. The molecule has 0 aromatic heterocycles. The molecule has 8 nitrogen and oxygen atoms in total. The van der Waals surface area contributed by atoms with Crippen molar-refractivity contribution in [1.29, 1.82) is 0 Å². The molecule has 10 aliphatic heterocycles. The van der Waals surface area contributed by atoms with Crippen LogP contribution in [0.25, 0.3) is 0 Å². The molecule has 0 aromatic carbocycles. The van der Waals surface area contributed by atoms with Crippen LogP contribution in [0.5, 0.6) is 0 Å². The molecule has 14 unspecified atom stereocenters. The van der Waals surface area contributed by atoms with Crippen LogP contribution in [-0.2, 0) is 38.3 Å². The number of rotatable bonds is 0. The summed E-state index contributed by atoms with van der Waals surface area (Å²) in [6.07, 6.45) is 28.7. The van der Waals surface area contributed by atoms with Crippen molar-refractivity contribution in [1.82, 2.24) is 0 Å². The molecule has 10 heterocycles. The molecule has 14 atom stereocenters. The van der Waals surface area contributed by atoms with E-state index in [0.717, 1.165) is 90.3 Å². The highest BCUT2D eigenvalue weighted by atomic mass is 32.2. The van der Waals surface area contributed by atoms with Gasteiger partial charge in [-0.05, 0) is 150 Å². The fraction of sp³-hybridized carbons (Fsp3) is 0.860. The molecule has 16 heteroatoms. The van der Waals surface area contributed by atoms with Gasteiger partial charge in [-0.15, -0.1) is 0 Å². The molecule has 0 aromatic rings. The molecular formula is C50H70O8S8. The molecule has 0 radical (unpaired) electrons. The summed E-state index contributed by atoms with van der Waals surface area (Å²) in [7, 11) is 0. The predicted octanol–water partition coefficient (Wildman–Crippen LogP) is 11.9. The Balaban J connectivity index is 0.0000000973. The van der Waals surface area contributed by atoms with Crippen LogP contribution in [0.15, 0.2) is 0 Å². The first-order valence-electron chi connectivity index (χ1n) is 25.6. The second-order valence-corrected chi connectivity index (χ2v) is 31.5. The van der Waals surface area contributed by atoms with Gasteiger partial charge >= 0.3 is 5.97 Å². The van der Waals surface area contributed by atoms with Crippen LogP contribution in [0, 0.1) is 47.3 Å². The summed E-state index contributed by atoms with van der Waals surface area (Å²) in [6.45, 7) is 0. The number of carbonyl (C=O) groups excluding carboxylic acids is 7. The van der Waals surface area contributed by atoms with E-state index in [9.17, 15) is 33.6 Å². The average Bonchev–Trinajstić information content (AvgIpc) is 4.14. The van der Waals surface area contributed by atoms with Gasteiger partial charge in [0.2, 0.25) is 0 Å². The molecule has 16 rings (SSSR count). The van der Waals surface area contributed by atoms with E-state index in [1.54, 1.807) is 58.8 Å². The van der Waals surface area contributed by atoms with Crippen molar-refractivity contribution in [3.63, 3.8) is 0 Å². The molecule has 16 aliphatic rings. The highest BCUT2D eigenvalue weighted by Crippen LogP contribution is 2.59. The summed E-state index contributed by atoms with van der Waals surface area (Å²) in [5.41, 5.74) is 0. The quantitative estimate of drug-likeness (QED) is 0.213. The summed E-state index contributed by atoms with van der Waals surface area (Å²) in [5.74, 6) is 9.52. The van der Waals surface area contributed by atoms with E-state index in [1.807, 2.05) is 23.5 Å². The molecule has 6 aliphatic carbocycles. The van der Waals surface area contributed by atoms with Gasteiger partial charge in [-0.3, -0.25) is 33.6 Å². The Kier molecular flexibility index (Phi) is 18.9. The average molecular weight is 1060 g/mol. The predicted molar refractivity (Wildman–Crippen MR) is 280 cm³/mol. The normalized spacial score (nSPS) is 43.2. The monoisotopic (exact) mass is 1050 g/mol. The second-order valence-electron chi connectivity index (χ2n) is 21.2. The van der Waals surface area contributed by atoms with Crippen molar-refractivity contribution >= 4 is 131 Å². The Labute approximate surface area is 427 Å². The second kappa shape index (κ2) is 24.3. The number of hydrogen-bond acceptors (Lipinski definition) is 16. The summed E-state index contributed by atoms with van der Waals surface area (Å²) in [6, 6.07) is 0. The molecule has 6 bridgehead atoms. The van der Waals surface area contributed by atoms with Crippen LogP contribution in [0.1, 0.15) is 154 Å². The number of hydrogen-bond donors (Lipinski definition) is 0. The summed E-state index contributed by atoms with van der Waals surface area (Å²) < 4.78 is 5.03. The molecule has 10 saturated heterocycles. The van der Waals surface area contributed by atoms with Crippen molar-refractivity contribution < 1.29 is 38.3 Å². The standard InChI is InChI=1S/C10H14OS.C8H10OS.C8H12OS.C7H10OS.C6H8O2S.C6H8OS2.C5H8OS/c11-10-8-2-6-1-7(3-8)5-9(4-6)12-10;9-8-6-2-4-1-5(6)7(3-4)10-8;9-8-5-6-3-1-2-4-7(6)10-8;8-7-4-5-2-1-3-6(5)9-7;7-6-3-5-4(8-6)1-2-9-5;7-6-3-5-4(9-6)1-2-8-5;6-5-3-1-2-4-7-5/h6-9H,1-5H2;4-7H,1-3H2;6-7H,1-5H2;5-6H,1-4H2;2*4-5H,1-3H2;1-4H2. The number of thioether (sulfide) groups is 8. The summed E-state index contributed by atoms with van der Waals surface area (Å²) >= 11 is 13.4. The van der Waals surface area contributed by atoms with Crippen LogP contribution < -0.4 is 0 Å². The van der Waals surface area contributed by atoms with E-state index in [1.165, 1.54) is 132 Å². The lowest BCUT2D eigenvalue weighted by atomic mass is 9.68. The van der Waals surface area contributed by atoms with E-state index in [4.69, 9.17) is 4.74 Å². The minimum atomic E-state index is -0.00259. The summed E-state index contributed by atoms with van der Waals surface area (Å²) in [4.78, 5) is 76.5. The maximum atomic E-state index is 11.6. The van der Waals surface area contributed by atoms with Gasteiger partial charge in [-0.2, -0.15) is 23.5 Å². The van der Waals surface area contributed by atoms with Gasteiger partial charge in [0, 0.05) is 74.8 Å². The Morgan fingerprint density at radius 2 is 1.08 bits per heavy atom. The number of fused-ring (bicyclic) bond motifs is 6. The van der Waals surface area contributed by atoms with Crippen LogP contribution in [-0.4, -0.2) is 96.8 Å². The van der Waals surface area contributed by atoms with E-state index >= 15 is 0 Å². The molecule has 0 amide bonds. The van der Waals surface area contributed by atoms with Crippen LogP contribution in [0.3, 0.4) is 0 Å². The van der Waals surface area contributed by atoms with Gasteiger partial charge in [0.25, 0.3) is 0 Å². The van der Waals surface area contributed by atoms with E-state index in [2.05, 4.69) is 0 Å². The molecule has 66 heavy (non-hydrogen) atoms. The summed E-state index contributed by atoms with van der Waals surface area (Å²) in [5, 5.41) is 7.44. The zero-order valence-corrected chi connectivity index (χ0v) is 44.9. The molecule has 0 spiro atoms. The largest absolute Gasteiger partial charge is 0.461 e. The van der Waals surface area contributed by atoms with Crippen LogP contribution in [0.2, 0.25) is 0 Å². The molecule has 366 valence electrons. The third kappa shape index (κ3) is 13.7. The van der Waals surface area contributed by atoms with Crippen molar-refractivity contribution in [2.75, 3.05) is 17.3 Å². The van der Waals surface area contributed by atoms with Crippen molar-refractivity contribution in [2.45, 2.75) is 197 Å². The van der Waals surface area contributed by atoms with E-state index in [0.29, 0.717) is 75.2 Å². The molecule has 0 N–H and O–H groups in total. The highest BCUT2D eigenvalue weighted by molar-refractivity contribution is 8.16.